The Morgan fingerprint density at radius 2 is 1.74 bits per heavy atom. The van der Waals surface area contributed by atoms with Crippen molar-refractivity contribution in [3.05, 3.63) is 47.2 Å². The number of ether oxygens (including phenoxy) is 1. The highest BCUT2D eigenvalue weighted by Crippen LogP contribution is 2.40. The first-order valence-electron chi connectivity index (χ1n) is 12.1. The minimum Gasteiger partial charge on any atom is -0.499 e. The van der Waals surface area contributed by atoms with Gasteiger partial charge in [-0.3, -0.25) is 0 Å². The number of hydrogen-bond donors (Lipinski definition) is 1. The van der Waals surface area contributed by atoms with Gasteiger partial charge in [0.2, 0.25) is 0 Å². The minimum atomic E-state index is -4.29. The Balaban J connectivity index is 1.71. The monoisotopic (exact) mass is 437 g/mol. The first-order valence-corrected chi connectivity index (χ1v) is 12.1. The summed E-state index contributed by atoms with van der Waals surface area (Å²) >= 11 is 0. The summed E-state index contributed by atoms with van der Waals surface area (Å²) < 4.78 is 44.9. The van der Waals surface area contributed by atoms with Crippen LogP contribution in [0.4, 0.5) is 13.2 Å². The summed E-state index contributed by atoms with van der Waals surface area (Å²) in [6, 6.07) is 6.22. The molecule has 0 bridgehead atoms. The Labute approximate surface area is 185 Å². The van der Waals surface area contributed by atoms with E-state index in [1.54, 1.807) is 12.1 Å². The Kier molecular flexibility index (Phi) is 8.88. The summed E-state index contributed by atoms with van der Waals surface area (Å²) in [5.74, 6) is 2.52. The maximum Gasteiger partial charge on any atom is 0.416 e. The summed E-state index contributed by atoms with van der Waals surface area (Å²) in [5.41, 5.74) is 0.458. The van der Waals surface area contributed by atoms with Crippen LogP contribution in [0, 0.1) is 11.8 Å². The van der Waals surface area contributed by atoms with Gasteiger partial charge in [-0.2, -0.15) is 13.2 Å². The fourth-order valence-electron chi connectivity index (χ4n) is 5.41. The molecule has 5 heteroatoms. The number of allylic oxidation sites excluding steroid dienone is 2. The maximum atomic E-state index is 13.0. The molecule has 2 aliphatic rings. The standard InChI is InChI=1S/C26H38F3NO/c1-3-23(31-4-2)16-20-10-15-25(30-18-19-8-6-5-7-9-19)24(17-20)21-11-13-22(14-12-21)26(27,28)29/h3,11-14,19-20,24-25,30H,4-10,15-18H2,1-2H3/b23-3-. The molecule has 3 atom stereocenters. The van der Waals surface area contributed by atoms with Gasteiger partial charge in [-0.05, 0) is 94.0 Å². The molecular formula is C26H38F3NO. The average Bonchev–Trinajstić information content (AvgIpc) is 2.78. The van der Waals surface area contributed by atoms with Crippen LogP contribution >= 0.6 is 0 Å². The van der Waals surface area contributed by atoms with Gasteiger partial charge in [0.05, 0.1) is 17.9 Å². The van der Waals surface area contributed by atoms with Crippen molar-refractivity contribution in [2.24, 2.45) is 11.8 Å². The third-order valence-electron chi connectivity index (χ3n) is 7.16. The summed E-state index contributed by atoms with van der Waals surface area (Å²) in [6.45, 7) is 5.71. The Hall–Kier alpha value is -1.49. The van der Waals surface area contributed by atoms with Gasteiger partial charge in [-0.15, -0.1) is 0 Å². The molecule has 3 rings (SSSR count). The number of alkyl halides is 3. The third kappa shape index (κ3) is 7.00. The van der Waals surface area contributed by atoms with Crippen LogP contribution in [-0.4, -0.2) is 19.2 Å². The molecule has 0 aromatic heterocycles. The summed E-state index contributed by atoms with van der Waals surface area (Å²) in [7, 11) is 0. The smallest absolute Gasteiger partial charge is 0.416 e. The van der Waals surface area contributed by atoms with Gasteiger partial charge < -0.3 is 10.1 Å². The van der Waals surface area contributed by atoms with E-state index in [4.69, 9.17) is 4.74 Å². The zero-order chi connectivity index (χ0) is 22.3. The van der Waals surface area contributed by atoms with Crippen LogP contribution in [0.1, 0.15) is 88.7 Å². The maximum absolute atomic E-state index is 13.0. The number of halogens is 3. The molecule has 2 aliphatic carbocycles. The molecule has 1 aromatic carbocycles. The van der Waals surface area contributed by atoms with Crippen LogP contribution in [0.5, 0.6) is 0 Å². The van der Waals surface area contributed by atoms with E-state index in [1.807, 2.05) is 19.9 Å². The lowest BCUT2D eigenvalue weighted by atomic mass is 9.73. The fourth-order valence-corrected chi connectivity index (χ4v) is 5.41. The van der Waals surface area contributed by atoms with E-state index in [0.29, 0.717) is 18.6 Å². The quantitative estimate of drug-likeness (QED) is 0.426. The molecule has 0 heterocycles. The molecule has 2 saturated carbocycles. The molecular weight excluding hydrogens is 399 g/mol. The second kappa shape index (κ2) is 11.4. The number of nitrogens with one attached hydrogen (secondary N) is 1. The van der Waals surface area contributed by atoms with Gasteiger partial charge in [0, 0.05) is 12.5 Å². The Morgan fingerprint density at radius 1 is 1.03 bits per heavy atom. The second-order valence-electron chi connectivity index (χ2n) is 9.32. The van der Waals surface area contributed by atoms with Gasteiger partial charge in [-0.25, -0.2) is 0 Å². The number of rotatable bonds is 8. The van der Waals surface area contributed by atoms with Gasteiger partial charge >= 0.3 is 6.18 Å². The van der Waals surface area contributed by atoms with Crippen molar-refractivity contribution in [2.75, 3.05) is 13.2 Å². The zero-order valence-corrected chi connectivity index (χ0v) is 19.0. The van der Waals surface area contributed by atoms with Crippen LogP contribution in [-0.2, 0) is 10.9 Å². The SMILES string of the molecule is C/C=C(/CC1CCC(NCC2CCCCC2)C(c2ccc(C(F)(F)F)cc2)C1)OCC. The predicted octanol–water partition coefficient (Wildman–Crippen LogP) is 7.46. The van der Waals surface area contributed by atoms with Crippen LogP contribution < -0.4 is 5.32 Å². The molecule has 174 valence electrons. The average molecular weight is 438 g/mol. The molecule has 31 heavy (non-hydrogen) atoms. The normalized spacial score (nSPS) is 26.1. The molecule has 0 saturated heterocycles. The summed E-state index contributed by atoms with van der Waals surface area (Å²) in [6.07, 6.45) is 8.44. The van der Waals surface area contributed by atoms with Crippen LogP contribution in [0.2, 0.25) is 0 Å². The topological polar surface area (TPSA) is 21.3 Å². The summed E-state index contributed by atoms with van der Waals surface area (Å²) in [4.78, 5) is 0. The van der Waals surface area contributed by atoms with E-state index in [1.165, 1.54) is 44.2 Å². The van der Waals surface area contributed by atoms with Crippen molar-refractivity contribution in [1.29, 1.82) is 0 Å². The number of benzene rings is 1. The Bertz CT molecular complexity index is 692. The van der Waals surface area contributed by atoms with Crippen molar-refractivity contribution in [3.8, 4) is 0 Å². The van der Waals surface area contributed by atoms with Crippen LogP contribution in [0.25, 0.3) is 0 Å². The van der Waals surface area contributed by atoms with Crippen LogP contribution in [0.3, 0.4) is 0 Å². The van der Waals surface area contributed by atoms with Crippen LogP contribution in [0.15, 0.2) is 36.1 Å². The highest BCUT2D eigenvalue weighted by molar-refractivity contribution is 5.29. The Morgan fingerprint density at radius 3 is 2.35 bits per heavy atom. The van der Waals surface area contributed by atoms with Crippen molar-refractivity contribution >= 4 is 0 Å². The highest BCUT2D eigenvalue weighted by Gasteiger charge is 2.34. The zero-order valence-electron chi connectivity index (χ0n) is 19.0. The molecule has 0 amide bonds. The van der Waals surface area contributed by atoms with E-state index in [0.717, 1.165) is 49.5 Å². The van der Waals surface area contributed by atoms with Crippen molar-refractivity contribution in [3.63, 3.8) is 0 Å². The second-order valence-corrected chi connectivity index (χ2v) is 9.32. The highest BCUT2D eigenvalue weighted by atomic mass is 19.4. The fraction of sp³-hybridized carbons (Fsp3) is 0.692. The molecule has 1 N–H and O–H groups in total. The van der Waals surface area contributed by atoms with Crippen molar-refractivity contribution < 1.29 is 17.9 Å². The molecule has 2 fully saturated rings. The lowest BCUT2D eigenvalue weighted by Gasteiger charge is -2.38. The molecule has 1 aromatic rings. The first kappa shape index (κ1) is 24.2. The third-order valence-corrected chi connectivity index (χ3v) is 7.16. The predicted molar refractivity (Wildman–Crippen MR) is 120 cm³/mol. The molecule has 0 spiro atoms. The minimum absolute atomic E-state index is 0.240. The summed E-state index contributed by atoms with van der Waals surface area (Å²) in [5, 5.41) is 3.83. The van der Waals surface area contributed by atoms with Crippen molar-refractivity contribution in [1.82, 2.24) is 5.32 Å². The number of hydrogen-bond acceptors (Lipinski definition) is 2. The van der Waals surface area contributed by atoms with E-state index < -0.39 is 11.7 Å². The molecule has 2 nitrogen and oxygen atoms in total. The van der Waals surface area contributed by atoms with Crippen molar-refractivity contribution in [2.45, 2.75) is 89.8 Å². The largest absolute Gasteiger partial charge is 0.499 e. The molecule has 3 unspecified atom stereocenters. The van der Waals surface area contributed by atoms with Gasteiger partial charge in [0.1, 0.15) is 0 Å². The lowest BCUT2D eigenvalue weighted by Crippen LogP contribution is -2.42. The lowest BCUT2D eigenvalue weighted by molar-refractivity contribution is -0.137. The van der Waals surface area contributed by atoms with Gasteiger partial charge in [-0.1, -0.05) is 31.4 Å². The van der Waals surface area contributed by atoms with Gasteiger partial charge in [0.25, 0.3) is 0 Å². The van der Waals surface area contributed by atoms with Gasteiger partial charge in [0.15, 0.2) is 0 Å². The van der Waals surface area contributed by atoms with E-state index >= 15 is 0 Å². The molecule has 0 aliphatic heterocycles. The van der Waals surface area contributed by atoms with E-state index in [-0.39, 0.29) is 5.92 Å². The first-order chi connectivity index (χ1) is 14.9. The van der Waals surface area contributed by atoms with E-state index in [2.05, 4.69) is 5.32 Å². The molecule has 0 radical (unpaired) electrons. The van der Waals surface area contributed by atoms with E-state index in [9.17, 15) is 13.2 Å².